The van der Waals surface area contributed by atoms with Crippen LogP contribution < -0.4 is 15.8 Å². The Morgan fingerprint density at radius 3 is 2.91 bits per heavy atom. The van der Waals surface area contributed by atoms with Gasteiger partial charge in [0.25, 0.3) is 5.91 Å². The van der Waals surface area contributed by atoms with Crippen molar-refractivity contribution in [1.82, 2.24) is 10.2 Å². The van der Waals surface area contributed by atoms with E-state index < -0.39 is 5.91 Å². The van der Waals surface area contributed by atoms with Crippen LogP contribution in [0.15, 0.2) is 41.8 Å². The molecule has 0 fully saturated rings. The molecule has 3 aromatic rings. The molecule has 6 nitrogen and oxygen atoms in total. The standard InChI is InChI=1S/C15H14N4O2S/c1-21-12-5-4-9(7-10(12)15(16)20)17-14-8-11(18-19-14)13-3-2-6-22-13/h2-8H,1H3,(H2,16,20)(H2,17,18,19). The summed E-state index contributed by atoms with van der Waals surface area (Å²) < 4.78 is 5.12. The minimum atomic E-state index is -0.540. The Kier molecular flexibility index (Phi) is 3.80. The first-order chi connectivity index (χ1) is 10.7. The number of nitrogens with two attached hydrogens (primary N) is 1. The number of hydrogen-bond acceptors (Lipinski definition) is 5. The van der Waals surface area contributed by atoms with E-state index in [0.29, 0.717) is 22.8 Å². The van der Waals surface area contributed by atoms with E-state index in [9.17, 15) is 4.79 Å². The second kappa shape index (κ2) is 5.90. The van der Waals surface area contributed by atoms with Crippen molar-refractivity contribution in [2.75, 3.05) is 12.4 Å². The fourth-order valence-corrected chi connectivity index (χ4v) is 2.76. The van der Waals surface area contributed by atoms with Gasteiger partial charge in [-0.1, -0.05) is 6.07 Å². The number of aromatic amines is 1. The Morgan fingerprint density at radius 2 is 2.23 bits per heavy atom. The van der Waals surface area contributed by atoms with Crippen LogP contribution in [0.1, 0.15) is 10.4 Å². The lowest BCUT2D eigenvalue weighted by atomic mass is 10.1. The van der Waals surface area contributed by atoms with Crippen molar-refractivity contribution in [3.63, 3.8) is 0 Å². The lowest BCUT2D eigenvalue weighted by molar-refractivity contribution is 0.0997. The summed E-state index contributed by atoms with van der Waals surface area (Å²) in [6.45, 7) is 0. The third kappa shape index (κ3) is 2.79. The molecule has 1 aromatic carbocycles. The number of nitrogens with zero attached hydrogens (tertiary/aromatic N) is 1. The minimum absolute atomic E-state index is 0.321. The number of benzene rings is 1. The summed E-state index contributed by atoms with van der Waals surface area (Å²) >= 11 is 1.63. The van der Waals surface area contributed by atoms with E-state index in [1.54, 1.807) is 29.5 Å². The molecule has 2 heterocycles. The highest BCUT2D eigenvalue weighted by Gasteiger charge is 2.11. The molecule has 0 spiro atoms. The van der Waals surface area contributed by atoms with Gasteiger partial charge in [0.05, 0.1) is 23.2 Å². The van der Waals surface area contributed by atoms with Crippen LogP contribution in [0.3, 0.4) is 0 Å². The number of methoxy groups -OCH3 is 1. The number of carbonyl (C=O) groups is 1. The summed E-state index contributed by atoms with van der Waals surface area (Å²) in [5.41, 5.74) is 7.31. The van der Waals surface area contributed by atoms with Gasteiger partial charge >= 0.3 is 0 Å². The zero-order chi connectivity index (χ0) is 15.5. The molecule has 2 aromatic heterocycles. The Bertz CT molecular complexity index is 796. The van der Waals surface area contributed by atoms with E-state index >= 15 is 0 Å². The minimum Gasteiger partial charge on any atom is -0.496 e. The average molecular weight is 314 g/mol. The van der Waals surface area contributed by atoms with Gasteiger partial charge < -0.3 is 15.8 Å². The molecule has 0 bridgehead atoms. The number of thiophene rings is 1. The number of amides is 1. The molecule has 0 atom stereocenters. The maximum atomic E-state index is 11.4. The summed E-state index contributed by atoms with van der Waals surface area (Å²) in [6, 6.07) is 11.0. The van der Waals surface area contributed by atoms with Crippen LogP contribution in [0.25, 0.3) is 10.6 Å². The number of carbonyl (C=O) groups excluding carboxylic acids is 1. The van der Waals surface area contributed by atoms with E-state index in [4.69, 9.17) is 10.5 Å². The molecule has 0 saturated carbocycles. The molecule has 22 heavy (non-hydrogen) atoms. The first kappa shape index (κ1) is 14.2. The molecular weight excluding hydrogens is 300 g/mol. The van der Waals surface area contributed by atoms with E-state index in [0.717, 1.165) is 10.6 Å². The number of anilines is 2. The van der Waals surface area contributed by atoms with Crippen LogP contribution >= 0.6 is 11.3 Å². The van der Waals surface area contributed by atoms with Gasteiger partial charge in [-0.25, -0.2) is 0 Å². The van der Waals surface area contributed by atoms with Gasteiger partial charge in [-0.15, -0.1) is 11.3 Å². The molecule has 0 saturated heterocycles. The molecule has 4 N–H and O–H groups in total. The van der Waals surface area contributed by atoms with Crippen LogP contribution in [0.5, 0.6) is 5.75 Å². The summed E-state index contributed by atoms with van der Waals surface area (Å²) in [6.07, 6.45) is 0. The molecule has 1 amide bonds. The van der Waals surface area contributed by atoms with Crippen LogP contribution in [0.4, 0.5) is 11.5 Å². The lowest BCUT2D eigenvalue weighted by Crippen LogP contribution is -2.12. The van der Waals surface area contributed by atoms with Crippen molar-refractivity contribution in [3.8, 4) is 16.3 Å². The van der Waals surface area contributed by atoms with Gasteiger partial charge in [-0.3, -0.25) is 9.89 Å². The van der Waals surface area contributed by atoms with Crippen LogP contribution in [-0.4, -0.2) is 23.2 Å². The molecule has 0 radical (unpaired) electrons. The molecule has 0 aliphatic rings. The molecule has 3 rings (SSSR count). The zero-order valence-electron chi connectivity index (χ0n) is 11.8. The number of primary amides is 1. The SMILES string of the molecule is COc1ccc(Nc2cc(-c3cccs3)[nH]n2)cc1C(N)=O. The summed E-state index contributed by atoms with van der Waals surface area (Å²) in [4.78, 5) is 12.5. The van der Waals surface area contributed by atoms with E-state index in [1.165, 1.54) is 7.11 Å². The first-order valence-corrected chi connectivity index (χ1v) is 7.39. The maximum Gasteiger partial charge on any atom is 0.252 e. The van der Waals surface area contributed by atoms with Gasteiger partial charge in [0, 0.05) is 11.8 Å². The third-order valence-electron chi connectivity index (χ3n) is 3.10. The largest absolute Gasteiger partial charge is 0.496 e. The molecule has 112 valence electrons. The molecule has 0 aliphatic carbocycles. The highest BCUT2D eigenvalue weighted by molar-refractivity contribution is 7.13. The highest BCUT2D eigenvalue weighted by atomic mass is 32.1. The van der Waals surface area contributed by atoms with Crippen molar-refractivity contribution in [1.29, 1.82) is 0 Å². The number of aromatic nitrogens is 2. The quantitative estimate of drug-likeness (QED) is 0.675. The van der Waals surface area contributed by atoms with E-state index in [1.807, 2.05) is 23.6 Å². The fraction of sp³-hybridized carbons (Fsp3) is 0.0667. The Balaban J connectivity index is 1.84. The van der Waals surface area contributed by atoms with Crippen LogP contribution in [0.2, 0.25) is 0 Å². The summed E-state index contributed by atoms with van der Waals surface area (Å²) in [5.74, 6) is 0.560. The summed E-state index contributed by atoms with van der Waals surface area (Å²) in [5, 5.41) is 12.3. The highest BCUT2D eigenvalue weighted by Crippen LogP contribution is 2.27. The van der Waals surface area contributed by atoms with Crippen molar-refractivity contribution in [2.45, 2.75) is 0 Å². The van der Waals surface area contributed by atoms with Gasteiger partial charge in [-0.2, -0.15) is 5.10 Å². The smallest absolute Gasteiger partial charge is 0.252 e. The number of nitrogens with one attached hydrogen (secondary N) is 2. The zero-order valence-corrected chi connectivity index (χ0v) is 12.6. The van der Waals surface area contributed by atoms with Gasteiger partial charge in [-0.05, 0) is 29.6 Å². The topological polar surface area (TPSA) is 93.0 Å². The number of rotatable bonds is 5. The normalized spacial score (nSPS) is 10.4. The molecular formula is C15H14N4O2S. The monoisotopic (exact) mass is 314 g/mol. The molecule has 0 aliphatic heterocycles. The Morgan fingerprint density at radius 1 is 1.36 bits per heavy atom. The molecule has 0 unspecified atom stereocenters. The average Bonchev–Trinajstić information content (AvgIpc) is 3.17. The van der Waals surface area contributed by atoms with Gasteiger partial charge in [0.2, 0.25) is 0 Å². The first-order valence-electron chi connectivity index (χ1n) is 6.51. The number of ether oxygens (including phenoxy) is 1. The van der Waals surface area contributed by atoms with Crippen LogP contribution in [0, 0.1) is 0 Å². The number of H-pyrrole nitrogens is 1. The second-order valence-electron chi connectivity index (χ2n) is 4.55. The second-order valence-corrected chi connectivity index (χ2v) is 5.50. The van der Waals surface area contributed by atoms with Crippen molar-refractivity contribution >= 4 is 28.7 Å². The summed E-state index contributed by atoms with van der Waals surface area (Å²) in [7, 11) is 1.50. The van der Waals surface area contributed by atoms with E-state index in [2.05, 4.69) is 15.5 Å². The van der Waals surface area contributed by atoms with E-state index in [-0.39, 0.29) is 0 Å². The maximum absolute atomic E-state index is 11.4. The number of hydrogen-bond donors (Lipinski definition) is 3. The predicted octanol–water partition coefficient (Wildman–Crippen LogP) is 2.99. The van der Waals surface area contributed by atoms with Gasteiger partial charge in [0.15, 0.2) is 5.82 Å². The lowest BCUT2D eigenvalue weighted by Gasteiger charge is -2.08. The Labute approximate surface area is 130 Å². The van der Waals surface area contributed by atoms with Crippen molar-refractivity contribution in [3.05, 3.63) is 47.3 Å². The van der Waals surface area contributed by atoms with Gasteiger partial charge in [0.1, 0.15) is 5.75 Å². The predicted molar refractivity (Wildman–Crippen MR) is 86.7 cm³/mol. The molecule has 7 heteroatoms. The Hall–Kier alpha value is -2.80. The van der Waals surface area contributed by atoms with Crippen molar-refractivity contribution < 1.29 is 9.53 Å². The van der Waals surface area contributed by atoms with Crippen LogP contribution in [-0.2, 0) is 0 Å². The fourth-order valence-electron chi connectivity index (χ4n) is 2.07. The van der Waals surface area contributed by atoms with Crippen molar-refractivity contribution in [2.24, 2.45) is 5.73 Å². The third-order valence-corrected chi connectivity index (χ3v) is 4.00.